The molecule has 0 radical (unpaired) electrons. The minimum atomic E-state index is -3.88. The fourth-order valence-electron chi connectivity index (χ4n) is 3.17. The highest BCUT2D eigenvalue weighted by molar-refractivity contribution is 7.92. The van der Waals surface area contributed by atoms with Gasteiger partial charge in [0, 0.05) is 18.5 Å². The Hall–Kier alpha value is -4.39. The fourth-order valence-corrected chi connectivity index (χ4v) is 4.16. The lowest BCUT2D eigenvalue weighted by Crippen LogP contribution is -2.25. The van der Waals surface area contributed by atoms with Gasteiger partial charge in [-0.2, -0.15) is 9.80 Å². The number of hydrogen-bond donors (Lipinski definition) is 2. The number of carbonyl (C=O) groups is 1. The molecule has 1 aromatic carbocycles. The predicted octanol–water partition coefficient (Wildman–Crippen LogP) is 3.73. The number of nitrogens with one attached hydrogen (secondary N) is 2. The van der Waals surface area contributed by atoms with Crippen molar-refractivity contribution in [2.45, 2.75) is 31.6 Å². The number of anilines is 1. The Kier molecular flexibility index (Phi) is 6.68. The van der Waals surface area contributed by atoms with E-state index >= 15 is 0 Å². The van der Waals surface area contributed by atoms with Crippen LogP contribution in [0.5, 0.6) is 0 Å². The summed E-state index contributed by atoms with van der Waals surface area (Å²) in [5.74, 6) is -0.0302. The van der Waals surface area contributed by atoms with Crippen LogP contribution in [0.15, 0.2) is 79.3 Å². The Morgan fingerprint density at radius 3 is 2.60 bits per heavy atom. The molecule has 0 atom stereocenters. The van der Waals surface area contributed by atoms with Gasteiger partial charge < -0.3 is 4.52 Å². The van der Waals surface area contributed by atoms with Gasteiger partial charge in [0.25, 0.3) is 15.9 Å². The summed E-state index contributed by atoms with van der Waals surface area (Å²) < 4.78 is 33.1. The Morgan fingerprint density at radius 2 is 1.97 bits per heavy atom. The van der Waals surface area contributed by atoms with Crippen molar-refractivity contribution in [2.24, 2.45) is 10.2 Å². The third kappa shape index (κ3) is 5.24. The second kappa shape index (κ2) is 9.85. The van der Waals surface area contributed by atoms with E-state index in [0.717, 1.165) is 4.68 Å². The third-order valence-electron chi connectivity index (χ3n) is 4.83. The Bertz CT molecular complexity index is 1540. The summed E-state index contributed by atoms with van der Waals surface area (Å²) in [5.41, 5.74) is 0.383. The van der Waals surface area contributed by atoms with E-state index in [-0.39, 0.29) is 22.0 Å². The standard InChI is InChI=1S/C22H21N7O5S/c1-3-5-18-20(22(31)29(26-18)21(30)15-6-4-11-23-13-15)25-24-16-7-9-17(10-8-16)35(32,33)28-19-12-14(2)34-27-19/h4,6-13,26H,3,5H2,1-2H3,(H,27,28). The van der Waals surface area contributed by atoms with Crippen molar-refractivity contribution in [2.75, 3.05) is 4.72 Å². The average Bonchev–Trinajstić information content (AvgIpc) is 3.40. The molecule has 0 saturated heterocycles. The van der Waals surface area contributed by atoms with E-state index in [9.17, 15) is 18.0 Å². The smallest absolute Gasteiger partial charge is 0.302 e. The van der Waals surface area contributed by atoms with Crippen molar-refractivity contribution in [3.05, 3.63) is 82.2 Å². The summed E-state index contributed by atoms with van der Waals surface area (Å²) in [6.07, 6.45) is 4.07. The van der Waals surface area contributed by atoms with Crippen LogP contribution in [0, 0.1) is 6.92 Å². The van der Waals surface area contributed by atoms with Crippen molar-refractivity contribution in [3.63, 3.8) is 0 Å². The van der Waals surface area contributed by atoms with Crippen LogP contribution in [0.3, 0.4) is 0 Å². The number of hydrogen-bond acceptors (Lipinski definition) is 9. The lowest BCUT2D eigenvalue weighted by atomic mass is 10.2. The molecule has 0 amide bonds. The molecule has 0 aliphatic rings. The molecule has 0 saturated carbocycles. The average molecular weight is 496 g/mol. The zero-order valence-electron chi connectivity index (χ0n) is 18.8. The van der Waals surface area contributed by atoms with E-state index in [0.29, 0.717) is 30.0 Å². The van der Waals surface area contributed by atoms with E-state index in [1.54, 1.807) is 19.1 Å². The van der Waals surface area contributed by atoms with E-state index in [4.69, 9.17) is 4.52 Å². The molecule has 3 aromatic heterocycles. The number of rotatable bonds is 8. The first-order chi connectivity index (χ1) is 16.8. The number of sulfonamides is 1. The molecular weight excluding hydrogens is 474 g/mol. The molecule has 0 spiro atoms. The van der Waals surface area contributed by atoms with Gasteiger partial charge in [0.05, 0.1) is 21.8 Å². The number of nitrogens with zero attached hydrogens (tertiary/aromatic N) is 5. The summed E-state index contributed by atoms with van der Waals surface area (Å²) in [6.45, 7) is 3.57. The van der Waals surface area contributed by atoms with Gasteiger partial charge >= 0.3 is 5.56 Å². The second-order valence-corrected chi connectivity index (χ2v) is 9.18. The molecule has 12 nitrogen and oxygen atoms in total. The number of aromatic nitrogens is 4. The molecule has 0 fully saturated rings. The first kappa shape index (κ1) is 23.8. The molecule has 13 heteroatoms. The molecular formula is C22H21N7O5S. The third-order valence-corrected chi connectivity index (χ3v) is 6.20. The maximum absolute atomic E-state index is 12.9. The largest absolute Gasteiger partial charge is 0.360 e. The van der Waals surface area contributed by atoms with Gasteiger partial charge in [-0.25, -0.2) is 8.42 Å². The highest BCUT2D eigenvalue weighted by Gasteiger charge is 2.20. The Morgan fingerprint density at radius 1 is 1.20 bits per heavy atom. The lowest BCUT2D eigenvalue weighted by Gasteiger charge is -2.04. The normalized spacial score (nSPS) is 11.7. The summed E-state index contributed by atoms with van der Waals surface area (Å²) >= 11 is 0. The molecule has 4 rings (SSSR count). The van der Waals surface area contributed by atoms with Gasteiger partial charge in [-0.3, -0.25) is 24.4 Å². The van der Waals surface area contributed by atoms with E-state index in [1.165, 1.54) is 42.7 Å². The van der Waals surface area contributed by atoms with Crippen LogP contribution in [0.4, 0.5) is 17.2 Å². The summed E-state index contributed by atoms with van der Waals surface area (Å²) in [5, 5.41) is 14.5. The van der Waals surface area contributed by atoms with Gasteiger partial charge in [-0.15, -0.1) is 5.11 Å². The minimum Gasteiger partial charge on any atom is -0.360 e. The molecule has 0 unspecified atom stereocenters. The van der Waals surface area contributed by atoms with Crippen molar-refractivity contribution < 1.29 is 17.7 Å². The topological polar surface area (TPSA) is 165 Å². The van der Waals surface area contributed by atoms with Gasteiger partial charge in [0.2, 0.25) is 0 Å². The van der Waals surface area contributed by atoms with E-state index < -0.39 is 21.5 Å². The van der Waals surface area contributed by atoms with Crippen molar-refractivity contribution in [1.82, 2.24) is 19.9 Å². The number of aryl methyl sites for hydroxylation is 2. The molecule has 35 heavy (non-hydrogen) atoms. The monoisotopic (exact) mass is 495 g/mol. The van der Waals surface area contributed by atoms with Crippen LogP contribution in [0.1, 0.15) is 35.2 Å². The SMILES string of the molecule is CCCc1[nH]n(C(=O)c2cccnc2)c(=O)c1N=Nc1ccc(S(=O)(=O)Nc2cc(C)on2)cc1. The van der Waals surface area contributed by atoms with Crippen molar-refractivity contribution in [1.29, 1.82) is 0 Å². The number of azo groups is 1. The zero-order valence-corrected chi connectivity index (χ0v) is 19.6. The van der Waals surface area contributed by atoms with Crippen molar-refractivity contribution in [3.8, 4) is 0 Å². The van der Waals surface area contributed by atoms with Gasteiger partial charge in [-0.05, 0) is 49.7 Å². The first-order valence-corrected chi connectivity index (χ1v) is 12.0. The van der Waals surface area contributed by atoms with E-state index in [2.05, 4.69) is 30.2 Å². The molecule has 180 valence electrons. The number of benzene rings is 1. The van der Waals surface area contributed by atoms with Crippen LogP contribution >= 0.6 is 0 Å². The lowest BCUT2D eigenvalue weighted by molar-refractivity contribution is 0.0940. The molecule has 0 aliphatic heterocycles. The molecule has 0 aliphatic carbocycles. The molecule has 4 aromatic rings. The van der Waals surface area contributed by atoms with Crippen LogP contribution in [0.25, 0.3) is 0 Å². The second-order valence-electron chi connectivity index (χ2n) is 7.50. The predicted molar refractivity (Wildman–Crippen MR) is 126 cm³/mol. The summed E-state index contributed by atoms with van der Waals surface area (Å²) in [6, 6.07) is 10.2. The minimum absolute atomic E-state index is 0.00357. The van der Waals surface area contributed by atoms with Crippen LogP contribution in [-0.2, 0) is 16.4 Å². The van der Waals surface area contributed by atoms with Gasteiger partial charge in [0.1, 0.15) is 5.76 Å². The fraction of sp³-hybridized carbons (Fsp3) is 0.182. The van der Waals surface area contributed by atoms with Crippen LogP contribution in [-0.4, -0.2) is 34.2 Å². The molecule has 3 heterocycles. The van der Waals surface area contributed by atoms with Crippen molar-refractivity contribution >= 4 is 33.1 Å². The van der Waals surface area contributed by atoms with E-state index in [1.807, 2.05) is 6.92 Å². The first-order valence-electron chi connectivity index (χ1n) is 10.5. The molecule has 2 N–H and O–H groups in total. The number of carbonyl (C=O) groups excluding carboxylic acids is 1. The summed E-state index contributed by atoms with van der Waals surface area (Å²) in [7, 11) is -3.88. The summed E-state index contributed by atoms with van der Waals surface area (Å²) in [4.78, 5) is 29.5. The quantitative estimate of drug-likeness (QED) is 0.351. The van der Waals surface area contributed by atoms with Crippen LogP contribution in [0.2, 0.25) is 0 Å². The Labute approximate surface area is 199 Å². The van der Waals surface area contributed by atoms with Gasteiger partial charge in [-0.1, -0.05) is 18.5 Å². The number of aromatic amines is 1. The zero-order chi connectivity index (χ0) is 25.0. The van der Waals surface area contributed by atoms with Crippen LogP contribution < -0.4 is 10.3 Å². The van der Waals surface area contributed by atoms with Gasteiger partial charge in [0.15, 0.2) is 11.5 Å². The highest BCUT2D eigenvalue weighted by Crippen LogP contribution is 2.22. The molecule has 0 bridgehead atoms. The highest BCUT2D eigenvalue weighted by atomic mass is 32.2. The number of H-pyrrole nitrogens is 1. The maximum Gasteiger partial charge on any atom is 0.302 e. The number of pyridine rings is 1. The maximum atomic E-state index is 12.9. The Balaban J connectivity index is 1.58.